The number of para-hydroxylation sites is 1. The average molecular weight is 396 g/mol. The Balaban J connectivity index is 0.00000169. The molecule has 1 aliphatic rings. The van der Waals surface area contributed by atoms with Gasteiger partial charge < -0.3 is 11.1 Å². The summed E-state index contributed by atoms with van der Waals surface area (Å²) in [5.74, 6) is -0.0936. The van der Waals surface area contributed by atoms with Crippen molar-refractivity contribution >= 4 is 36.4 Å². The van der Waals surface area contributed by atoms with Crippen molar-refractivity contribution in [3.63, 3.8) is 0 Å². The molecule has 1 unspecified atom stereocenters. The minimum absolute atomic E-state index is 0. The molecule has 2 aromatic carbocycles. The second-order valence-electron chi connectivity index (χ2n) is 6.35. The maximum Gasteiger partial charge on any atom is 0.253 e. The number of carbonyl (C=O) groups excluding carboxylic acids is 1. The molecule has 0 saturated carbocycles. The van der Waals surface area contributed by atoms with Gasteiger partial charge in [-0.15, -0.1) is 24.8 Å². The van der Waals surface area contributed by atoms with Crippen LogP contribution >= 0.6 is 24.8 Å². The normalized spacial score (nSPS) is 14.3. The van der Waals surface area contributed by atoms with E-state index in [4.69, 9.17) is 5.73 Å². The van der Waals surface area contributed by atoms with Crippen molar-refractivity contribution in [2.24, 2.45) is 0 Å². The third-order valence-electron chi connectivity index (χ3n) is 4.85. The number of hydrogen-bond donors (Lipinski definition) is 2. The van der Waals surface area contributed by atoms with E-state index < -0.39 is 0 Å². The van der Waals surface area contributed by atoms with Gasteiger partial charge in [0, 0.05) is 31.4 Å². The molecule has 0 fully saturated rings. The maximum absolute atomic E-state index is 12.4. The largest absolute Gasteiger partial charge is 0.398 e. The average Bonchev–Trinajstić information content (AvgIpc) is 2.62. The molecule has 0 spiro atoms. The topological polar surface area (TPSA) is 58.4 Å². The van der Waals surface area contributed by atoms with Crippen molar-refractivity contribution in [3.05, 3.63) is 65.2 Å². The molecule has 1 aliphatic heterocycles. The first-order valence-corrected chi connectivity index (χ1v) is 8.62. The molecule has 3 N–H and O–H groups in total. The van der Waals surface area contributed by atoms with Crippen LogP contribution in [0.4, 0.5) is 5.69 Å². The standard InChI is InChI=1S/C20H25N3O.2ClH/c1-2-17(13-22-20(24)18-9-5-6-10-19(18)21)23-12-11-15-7-3-4-8-16(15)14-23;;/h3-10,17H,2,11-14,21H2,1H3,(H,22,24);2*1H. The van der Waals surface area contributed by atoms with E-state index in [-0.39, 0.29) is 30.7 Å². The van der Waals surface area contributed by atoms with Gasteiger partial charge in [-0.05, 0) is 36.1 Å². The summed E-state index contributed by atoms with van der Waals surface area (Å²) in [6.07, 6.45) is 2.08. The van der Waals surface area contributed by atoms with E-state index in [2.05, 4.69) is 41.4 Å². The van der Waals surface area contributed by atoms with Gasteiger partial charge >= 0.3 is 0 Å². The van der Waals surface area contributed by atoms with Gasteiger partial charge in [0.25, 0.3) is 5.91 Å². The van der Waals surface area contributed by atoms with E-state index in [9.17, 15) is 4.79 Å². The van der Waals surface area contributed by atoms with Crippen molar-refractivity contribution < 1.29 is 4.79 Å². The molecule has 1 heterocycles. The summed E-state index contributed by atoms with van der Waals surface area (Å²) in [4.78, 5) is 14.8. The summed E-state index contributed by atoms with van der Waals surface area (Å²) in [6.45, 7) is 4.82. The molecule has 142 valence electrons. The SMILES string of the molecule is CCC(CNC(=O)c1ccccc1N)N1CCc2ccccc2C1.Cl.Cl. The zero-order valence-electron chi connectivity index (χ0n) is 15.0. The fraction of sp³-hybridized carbons (Fsp3) is 0.350. The van der Waals surface area contributed by atoms with E-state index >= 15 is 0 Å². The predicted octanol–water partition coefficient (Wildman–Crippen LogP) is 3.68. The van der Waals surface area contributed by atoms with Gasteiger partial charge in [0.1, 0.15) is 0 Å². The fourth-order valence-electron chi connectivity index (χ4n) is 3.37. The molecule has 0 aliphatic carbocycles. The zero-order chi connectivity index (χ0) is 16.9. The molecule has 2 aromatic rings. The third-order valence-corrected chi connectivity index (χ3v) is 4.85. The van der Waals surface area contributed by atoms with Gasteiger partial charge in [0.2, 0.25) is 0 Å². The van der Waals surface area contributed by atoms with Crippen LogP contribution in [0.15, 0.2) is 48.5 Å². The number of nitrogens with two attached hydrogens (primary N) is 1. The summed E-state index contributed by atoms with van der Waals surface area (Å²) in [5, 5.41) is 3.05. The molecule has 3 rings (SSSR count). The fourth-order valence-corrected chi connectivity index (χ4v) is 3.37. The van der Waals surface area contributed by atoms with Gasteiger partial charge in [-0.25, -0.2) is 0 Å². The van der Waals surface area contributed by atoms with Crippen molar-refractivity contribution in [2.75, 3.05) is 18.8 Å². The number of anilines is 1. The Morgan fingerprint density at radius 3 is 2.46 bits per heavy atom. The third kappa shape index (κ3) is 5.13. The minimum Gasteiger partial charge on any atom is -0.398 e. The first kappa shape index (κ1) is 22.3. The summed E-state index contributed by atoms with van der Waals surface area (Å²) < 4.78 is 0. The second kappa shape index (κ2) is 10.4. The Labute approximate surface area is 168 Å². The quantitative estimate of drug-likeness (QED) is 0.759. The lowest BCUT2D eigenvalue weighted by Gasteiger charge is -2.35. The number of carbonyl (C=O) groups is 1. The minimum atomic E-state index is -0.0936. The van der Waals surface area contributed by atoms with Crippen LogP contribution in [-0.2, 0) is 13.0 Å². The summed E-state index contributed by atoms with van der Waals surface area (Å²) in [7, 11) is 0. The molecule has 1 amide bonds. The van der Waals surface area contributed by atoms with E-state index in [1.54, 1.807) is 12.1 Å². The molecule has 0 saturated heterocycles. The highest BCUT2D eigenvalue weighted by atomic mass is 35.5. The molecule has 26 heavy (non-hydrogen) atoms. The van der Waals surface area contributed by atoms with Gasteiger partial charge in [0.15, 0.2) is 0 Å². The van der Waals surface area contributed by atoms with Crippen LogP contribution in [0.2, 0.25) is 0 Å². The van der Waals surface area contributed by atoms with Crippen molar-refractivity contribution in [2.45, 2.75) is 32.4 Å². The number of benzene rings is 2. The van der Waals surface area contributed by atoms with Crippen LogP contribution in [0.5, 0.6) is 0 Å². The van der Waals surface area contributed by atoms with Crippen molar-refractivity contribution in [1.82, 2.24) is 10.2 Å². The number of hydrogen-bond acceptors (Lipinski definition) is 3. The Kier molecular flexibility index (Phi) is 8.93. The van der Waals surface area contributed by atoms with Crippen LogP contribution in [-0.4, -0.2) is 29.9 Å². The van der Waals surface area contributed by atoms with Gasteiger partial charge in [-0.3, -0.25) is 9.69 Å². The van der Waals surface area contributed by atoms with E-state index in [1.165, 1.54) is 11.1 Å². The maximum atomic E-state index is 12.4. The van der Waals surface area contributed by atoms with Crippen LogP contribution in [0.1, 0.15) is 34.8 Å². The number of nitrogens with zero attached hydrogens (tertiary/aromatic N) is 1. The number of amides is 1. The molecular formula is C20H27Cl2N3O. The van der Waals surface area contributed by atoms with Crippen molar-refractivity contribution in [1.29, 1.82) is 0 Å². The highest BCUT2D eigenvalue weighted by molar-refractivity contribution is 5.99. The second-order valence-corrected chi connectivity index (χ2v) is 6.35. The molecule has 4 nitrogen and oxygen atoms in total. The number of nitrogens with one attached hydrogen (secondary N) is 1. The van der Waals surface area contributed by atoms with Crippen LogP contribution < -0.4 is 11.1 Å². The molecule has 1 atom stereocenters. The van der Waals surface area contributed by atoms with E-state index in [0.717, 1.165) is 25.9 Å². The highest BCUT2D eigenvalue weighted by Gasteiger charge is 2.22. The predicted molar refractivity (Wildman–Crippen MR) is 112 cm³/mol. The summed E-state index contributed by atoms with van der Waals surface area (Å²) >= 11 is 0. The van der Waals surface area contributed by atoms with E-state index in [0.29, 0.717) is 23.8 Å². The molecule has 0 bridgehead atoms. The smallest absolute Gasteiger partial charge is 0.253 e. The lowest BCUT2D eigenvalue weighted by molar-refractivity contribution is 0.0927. The first-order chi connectivity index (χ1) is 11.7. The monoisotopic (exact) mass is 395 g/mol. The Bertz CT molecular complexity index is 724. The molecular weight excluding hydrogens is 369 g/mol. The van der Waals surface area contributed by atoms with Crippen LogP contribution in [0.25, 0.3) is 0 Å². The number of rotatable bonds is 5. The lowest BCUT2D eigenvalue weighted by atomic mass is 9.98. The van der Waals surface area contributed by atoms with Gasteiger partial charge in [0.05, 0.1) is 5.56 Å². The lowest BCUT2D eigenvalue weighted by Crippen LogP contribution is -2.45. The Hall–Kier alpha value is -1.75. The van der Waals surface area contributed by atoms with Crippen LogP contribution in [0.3, 0.4) is 0 Å². The van der Waals surface area contributed by atoms with E-state index in [1.807, 2.05) is 12.1 Å². The molecule has 0 radical (unpaired) electrons. The number of fused-ring (bicyclic) bond motifs is 1. The van der Waals surface area contributed by atoms with Gasteiger partial charge in [-0.2, -0.15) is 0 Å². The summed E-state index contributed by atoms with van der Waals surface area (Å²) in [5.41, 5.74) is 9.81. The molecule has 6 heteroatoms. The van der Waals surface area contributed by atoms with Crippen LogP contribution in [0, 0.1) is 0 Å². The Morgan fingerprint density at radius 2 is 1.77 bits per heavy atom. The highest BCUT2D eigenvalue weighted by Crippen LogP contribution is 2.21. The number of halogens is 2. The van der Waals surface area contributed by atoms with Crippen molar-refractivity contribution in [3.8, 4) is 0 Å². The first-order valence-electron chi connectivity index (χ1n) is 8.62. The molecule has 0 aromatic heterocycles. The van der Waals surface area contributed by atoms with Gasteiger partial charge in [-0.1, -0.05) is 43.3 Å². The number of nitrogen functional groups attached to an aromatic ring is 1. The summed E-state index contributed by atoms with van der Waals surface area (Å²) in [6, 6.07) is 16.2. The Morgan fingerprint density at radius 1 is 1.12 bits per heavy atom. The zero-order valence-corrected chi connectivity index (χ0v) is 16.6.